The van der Waals surface area contributed by atoms with Gasteiger partial charge >= 0.3 is 5.97 Å². The second-order valence-corrected chi connectivity index (χ2v) is 8.55. The van der Waals surface area contributed by atoms with Crippen molar-refractivity contribution in [2.75, 3.05) is 20.2 Å². The van der Waals surface area contributed by atoms with Gasteiger partial charge in [-0.25, -0.2) is 17.5 Å². The van der Waals surface area contributed by atoms with Crippen LogP contribution in [0.2, 0.25) is 0 Å². The van der Waals surface area contributed by atoms with E-state index < -0.39 is 16.0 Å². The lowest BCUT2D eigenvalue weighted by atomic mass is 10.2. The van der Waals surface area contributed by atoms with Gasteiger partial charge in [-0.3, -0.25) is 0 Å². The number of unbranched alkanes of at least 4 members (excludes halogenated alkanes) is 2. The van der Waals surface area contributed by atoms with Gasteiger partial charge < -0.3 is 10.2 Å². The minimum atomic E-state index is -3.70. The lowest BCUT2D eigenvalue weighted by molar-refractivity contribution is 0.0702. The van der Waals surface area contributed by atoms with Crippen molar-refractivity contribution in [1.82, 2.24) is 4.31 Å². The maximum Gasteiger partial charge on any atom is 0.345 e. The largest absolute Gasteiger partial charge is 0.477 e. The molecule has 6 nitrogen and oxygen atoms in total. The molecule has 0 saturated heterocycles. The first kappa shape index (κ1) is 17.6. The fourth-order valence-electron chi connectivity index (χ4n) is 1.54. The molecule has 0 bridgehead atoms. The molecule has 1 heterocycles. The predicted molar refractivity (Wildman–Crippen MR) is 79.7 cm³/mol. The van der Waals surface area contributed by atoms with E-state index in [2.05, 4.69) is 15.9 Å². The molecule has 114 valence electrons. The molecule has 0 aromatic carbocycles. The van der Waals surface area contributed by atoms with Crippen molar-refractivity contribution in [2.24, 2.45) is 0 Å². The second kappa shape index (κ2) is 7.51. The number of carboxylic acid groups (broad SMARTS) is 1. The zero-order valence-corrected chi connectivity index (χ0v) is 14.1. The van der Waals surface area contributed by atoms with Crippen LogP contribution < -0.4 is 0 Å². The van der Waals surface area contributed by atoms with Crippen LogP contribution in [0.15, 0.2) is 14.7 Å². The summed E-state index contributed by atoms with van der Waals surface area (Å²) in [6, 6.07) is 1.16. The molecule has 0 aliphatic heterocycles. The molecule has 0 spiro atoms. The summed E-state index contributed by atoms with van der Waals surface area (Å²) in [5.74, 6) is -1.15. The van der Waals surface area contributed by atoms with Gasteiger partial charge in [-0.1, -0.05) is 0 Å². The zero-order chi connectivity index (χ0) is 15.3. The SMILES string of the molecule is CN(CCCCCO)S(=O)(=O)c1cc(C(=O)O)sc1Br. The first-order chi connectivity index (χ1) is 9.30. The van der Waals surface area contributed by atoms with E-state index in [1.54, 1.807) is 0 Å². The number of carboxylic acids is 1. The van der Waals surface area contributed by atoms with Gasteiger partial charge in [0, 0.05) is 20.2 Å². The molecule has 0 aliphatic rings. The Morgan fingerprint density at radius 1 is 1.40 bits per heavy atom. The molecule has 1 aromatic heterocycles. The minimum Gasteiger partial charge on any atom is -0.477 e. The third-order valence-corrected chi connectivity index (χ3v) is 6.78. The number of hydrogen-bond acceptors (Lipinski definition) is 5. The molecule has 0 amide bonds. The van der Waals surface area contributed by atoms with Crippen LogP contribution >= 0.6 is 27.3 Å². The van der Waals surface area contributed by atoms with Gasteiger partial charge in [0.1, 0.15) is 9.77 Å². The average Bonchev–Trinajstić information content (AvgIpc) is 2.77. The number of rotatable bonds is 8. The molecule has 9 heteroatoms. The van der Waals surface area contributed by atoms with Crippen LogP contribution in [0.4, 0.5) is 0 Å². The van der Waals surface area contributed by atoms with Crippen molar-refractivity contribution < 1.29 is 23.4 Å². The summed E-state index contributed by atoms with van der Waals surface area (Å²) in [5, 5.41) is 17.6. The van der Waals surface area contributed by atoms with Crippen LogP contribution in [-0.2, 0) is 10.0 Å². The number of aliphatic hydroxyl groups excluding tert-OH is 1. The summed E-state index contributed by atoms with van der Waals surface area (Å²) in [4.78, 5) is 10.8. The second-order valence-electron chi connectivity index (χ2n) is 4.16. The van der Waals surface area contributed by atoms with E-state index in [1.165, 1.54) is 11.4 Å². The molecule has 20 heavy (non-hydrogen) atoms. The van der Waals surface area contributed by atoms with E-state index in [0.717, 1.165) is 23.8 Å². The summed E-state index contributed by atoms with van der Waals surface area (Å²) >= 11 is 3.98. The Bertz CT molecular complexity index is 569. The normalized spacial score (nSPS) is 12.0. The van der Waals surface area contributed by atoms with Crippen molar-refractivity contribution in [1.29, 1.82) is 0 Å². The third kappa shape index (κ3) is 4.26. The number of hydrogen-bond donors (Lipinski definition) is 2. The standard InChI is InChI=1S/C11H16BrNO5S2/c1-13(5-3-2-4-6-14)20(17,18)9-7-8(11(15)16)19-10(9)12/h7,14H,2-6H2,1H3,(H,15,16). The molecule has 0 unspecified atom stereocenters. The van der Waals surface area contributed by atoms with Gasteiger partial charge in [0.15, 0.2) is 0 Å². The average molecular weight is 386 g/mol. The Balaban J connectivity index is 2.84. The first-order valence-corrected chi connectivity index (χ1v) is 8.95. The minimum absolute atomic E-state index is 0.0236. The topological polar surface area (TPSA) is 94.9 Å². The zero-order valence-electron chi connectivity index (χ0n) is 10.9. The first-order valence-electron chi connectivity index (χ1n) is 5.90. The number of sulfonamides is 1. The summed E-state index contributed by atoms with van der Waals surface area (Å²) < 4.78 is 26.1. The van der Waals surface area contributed by atoms with Gasteiger partial charge in [0.25, 0.3) is 0 Å². The Kier molecular flexibility index (Phi) is 6.59. The van der Waals surface area contributed by atoms with E-state index >= 15 is 0 Å². The molecular formula is C11H16BrNO5S2. The lowest BCUT2D eigenvalue weighted by Crippen LogP contribution is -2.28. The van der Waals surface area contributed by atoms with Gasteiger partial charge in [-0.2, -0.15) is 0 Å². The van der Waals surface area contributed by atoms with Gasteiger partial charge in [-0.05, 0) is 41.3 Å². The van der Waals surface area contributed by atoms with Crippen molar-refractivity contribution in [3.05, 3.63) is 14.7 Å². The number of aromatic carboxylic acids is 1. The van der Waals surface area contributed by atoms with Gasteiger partial charge in [-0.15, -0.1) is 11.3 Å². The molecule has 0 saturated carbocycles. The monoisotopic (exact) mass is 385 g/mol. The van der Waals surface area contributed by atoms with Crippen LogP contribution in [0.1, 0.15) is 28.9 Å². The highest BCUT2D eigenvalue weighted by molar-refractivity contribution is 9.11. The highest BCUT2D eigenvalue weighted by Crippen LogP contribution is 2.33. The van der Waals surface area contributed by atoms with E-state index in [0.29, 0.717) is 19.4 Å². The molecule has 0 atom stereocenters. The summed E-state index contributed by atoms with van der Waals surface area (Å²) in [5.41, 5.74) is 0. The fraction of sp³-hybridized carbons (Fsp3) is 0.545. The van der Waals surface area contributed by atoms with Crippen LogP contribution in [0, 0.1) is 0 Å². The quantitative estimate of drug-likeness (QED) is 0.667. The summed E-state index contributed by atoms with van der Waals surface area (Å²) in [6.45, 7) is 0.418. The van der Waals surface area contributed by atoms with Gasteiger partial charge in [0.05, 0.1) is 3.79 Å². The van der Waals surface area contributed by atoms with E-state index in [-0.39, 0.29) is 20.2 Å². The van der Waals surface area contributed by atoms with Crippen LogP contribution in [0.5, 0.6) is 0 Å². The van der Waals surface area contributed by atoms with Crippen LogP contribution in [0.3, 0.4) is 0 Å². The van der Waals surface area contributed by atoms with Crippen molar-refractivity contribution in [3.63, 3.8) is 0 Å². The maximum absolute atomic E-state index is 12.3. The molecule has 1 rings (SSSR count). The number of aliphatic hydroxyl groups is 1. The van der Waals surface area contributed by atoms with Crippen molar-refractivity contribution >= 4 is 43.3 Å². The van der Waals surface area contributed by atoms with E-state index in [1.807, 2.05) is 0 Å². The number of thiophene rings is 1. The van der Waals surface area contributed by atoms with Crippen molar-refractivity contribution in [2.45, 2.75) is 24.2 Å². The summed E-state index contributed by atoms with van der Waals surface area (Å²) in [6.07, 6.45) is 2.02. The Morgan fingerprint density at radius 2 is 2.05 bits per heavy atom. The van der Waals surface area contributed by atoms with E-state index in [4.69, 9.17) is 10.2 Å². The molecular weight excluding hydrogens is 370 g/mol. The van der Waals surface area contributed by atoms with Crippen LogP contribution in [-0.4, -0.2) is 49.1 Å². The highest BCUT2D eigenvalue weighted by atomic mass is 79.9. The highest BCUT2D eigenvalue weighted by Gasteiger charge is 2.26. The molecule has 2 N–H and O–H groups in total. The smallest absolute Gasteiger partial charge is 0.345 e. The van der Waals surface area contributed by atoms with Crippen molar-refractivity contribution in [3.8, 4) is 0 Å². The Hall–Kier alpha value is -0.480. The molecule has 0 radical (unpaired) electrons. The maximum atomic E-state index is 12.3. The molecule has 0 aliphatic carbocycles. The third-order valence-electron chi connectivity index (χ3n) is 2.69. The predicted octanol–water partition coefficient (Wildman–Crippen LogP) is 1.99. The number of nitrogens with zero attached hydrogens (tertiary/aromatic N) is 1. The van der Waals surface area contributed by atoms with E-state index in [9.17, 15) is 13.2 Å². The molecule has 0 fully saturated rings. The number of carbonyl (C=O) groups is 1. The fourth-order valence-corrected chi connectivity index (χ4v) is 5.10. The summed E-state index contributed by atoms with van der Waals surface area (Å²) in [7, 11) is -2.24. The Labute approximate surface area is 130 Å². The van der Waals surface area contributed by atoms with Crippen LogP contribution in [0.25, 0.3) is 0 Å². The molecule has 1 aromatic rings. The number of halogens is 1. The lowest BCUT2D eigenvalue weighted by Gasteiger charge is -2.16. The Morgan fingerprint density at radius 3 is 2.55 bits per heavy atom. The van der Waals surface area contributed by atoms with Gasteiger partial charge in [0.2, 0.25) is 10.0 Å².